The van der Waals surface area contributed by atoms with Crippen LogP contribution in [-0.2, 0) is 9.59 Å². The second-order valence-electron chi connectivity index (χ2n) is 6.76. The molecule has 2 amide bonds. The van der Waals surface area contributed by atoms with Gasteiger partial charge in [-0.2, -0.15) is 0 Å². The van der Waals surface area contributed by atoms with E-state index in [4.69, 9.17) is 0 Å². The molecule has 1 N–H and O–H groups in total. The van der Waals surface area contributed by atoms with Crippen LogP contribution < -0.4 is 5.32 Å². The van der Waals surface area contributed by atoms with E-state index < -0.39 is 0 Å². The quantitative estimate of drug-likeness (QED) is 0.778. The van der Waals surface area contributed by atoms with Gasteiger partial charge in [-0.05, 0) is 31.1 Å². The first-order chi connectivity index (χ1) is 9.52. The lowest BCUT2D eigenvalue weighted by molar-refractivity contribution is -0.150. The van der Waals surface area contributed by atoms with Crippen LogP contribution in [0, 0.1) is 11.8 Å². The van der Waals surface area contributed by atoms with Gasteiger partial charge in [-0.1, -0.05) is 40.0 Å². The van der Waals surface area contributed by atoms with Crippen LogP contribution in [0.25, 0.3) is 0 Å². The van der Waals surface area contributed by atoms with Gasteiger partial charge < -0.3 is 10.2 Å². The molecule has 0 aromatic rings. The van der Waals surface area contributed by atoms with Crippen molar-refractivity contribution in [3.05, 3.63) is 0 Å². The van der Waals surface area contributed by atoms with Crippen molar-refractivity contribution < 1.29 is 9.59 Å². The zero-order valence-electron chi connectivity index (χ0n) is 13.0. The molecule has 0 aromatic carbocycles. The number of piperazine rings is 1. The zero-order chi connectivity index (χ0) is 14.7. The third kappa shape index (κ3) is 3.74. The molecule has 4 heteroatoms. The SMILES string of the molecule is CCCC1C(=O)NC(CC(C)C)C(=O)N1CCC1CC1. The fourth-order valence-electron chi connectivity index (χ4n) is 3.01. The molecule has 1 heterocycles. The second-order valence-corrected chi connectivity index (χ2v) is 6.76. The van der Waals surface area contributed by atoms with Crippen molar-refractivity contribution in [2.45, 2.75) is 71.4 Å². The Balaban J connectivity index is 2.04. The summed E-state index contributed by atoms with van der Waals surface area (Å²) >= 11 is 0. The molecule has 114 valence electrons. The predicted octanol–water partition coefficient (Wildman–Crippen LogP) is 2.33. The van der Waals surface area contributed by atoms with Crippen LogP contribution in [0.2, 0.25) is 0 Å². The van der Waals surface area contributed by atoms with Crippen LogP contribution in [0.3, 0.4) is 0 Å². The number of nitrogens with one attached hydrogen (secondary N) is 1. The normalized spacial score (nSPS) is 27.1. The molecular weight excluding hydrogens is 252 g/mol. The Morgan fingerprint density at radius 3 is 2.50 bits per heavy atom. The Kier molecular flexibility index (Phi) is 5.06. The highest BCUT2D eigenvalue weighted by atomic mass is 16.2. The maximum absolute atomic E-state index is 12.6. The summed E-state index contributed by atoms with van der Waals surface area (Å²) in [4.78, 5) is 26.8. The number of carbonyl (C=O) groups excluding carboxylic acids is 2. The number of carbonyl (C=O) groups is 2. The van der Waals surface area contributed by atoms with Gasteiger partial charge in [0.05, 0.1) is 0 Å². The summed E-state index contributed by atoms with van der Waals surface area (Å²) in [5.41, 5.74) is 0. The molecule has 0 radical (unpaired) electrons. The van der Waals surface area contributed by atoms with Crippen LogP contribution in [0.5, 0.6) is 0 Å². The number of amides is 2. The molecule has 0 spiro atoms. The van der Waals surface area contributed by atoms with E-state index in [-0.39, 0.29) is 23.9 Å². The van der Waals surface area contributed by atoms with Crippen molar-refractivity contribution in [3.63, 3.8) is 0 Å². The standard InChI is InChI=1S/C16H28N2O2/c1-4-5-14-15(19)17-13(10-11(2)3)16(20)18(14)9-8-12-6-7-12/h11-14H,4-10H2,1-3H3,(H,17,19). The monoisotopic (exact) mass is 280 g/mol. The number of rotatable bonds is 7. The van der Waals surface area contributed by atoms with Gasteiger partial charge in [0.1, 0.15) is 12.1 Å². The molecule has 20 heavy (non-hydrogen) atoms. The van der Waals surface area contributed by atoms with Crippen molar-refractivity contribution >= 4 is 11.8 Å². The molecule has 4 nitrogen and oxygen atoms in total. The molecule has 0 aromatic heterocycles. The zero-order valence-corrected chi connectivity index (χ0v) is 13.0. The molecule has 1 saturated carbocycles. The van der Waals surface area contributed by atoms with Gasteiger partial charge in [-0.25, -0.2) is 0 Å². The third-order valence-corrected chi connectivity index (χ3v) is 4.32. The molecule has 2 rings (SSSR count). The summed E-state index contributed by atoms with van der Waals surface area (Å²) in [7, 11) is 0. The van der Waals surface area contributed by atoms with Crippen molar-refractivity contribution in [1.29, 1.82) is 0 Å². The van der Waals surface area contributed by atoms with E-state index in [9.17, 15) is 9.59 Å². The lowest BCUT2D eigenvalue weighted by Gasteiger charge is -2.39. The molecule has 0 bridgehead atoms. The summed E-state index contributed by atoms with van der Waals surface area (Å²) in [5.74, 6) is 1.39. The van der Waals surface area contributed by atoms with Gasteiger partial charge in [-0.3, -0.25) is 9.59 Å². The van der Waals surface area contributed by atoms with Crippen LogP contribution in [0.4, 0.5) is 0 Å². The lowest BCUT2D eigenvalue weighted by atomic mass is 9.96. The van der Waals surface area contributed by atoms with Gasteiger partial charge in [-0.15, -0.1) is 0 Å². The summed E-state index contributed by atoms with van der Waals surface area (Å²) in [6.45, 7) is 7.01. The van der Waals surface area contributed by atoms with Gasteiger partial charge >= 0.3 is 0 Å². The van der Waals surface area contributed by atoms with E-state index in [0.29, 0.717) is 5.92 Å². The predicted molar refractivity (Wildman–Crippen MR) is 79.1 cm³/mol. The van der Waals surface area contributed by atoms with Crippen LogP contribution in [-0.4, -0.2) is 35.3 Å². The first-order valence-electron chi connectivity index (χ1n) is 8.13. The highest BCUT2D eigenvalue weighted by Gasteiger charge is 2.40. The van der Waals surface area contributed by atoms with Gasteiger partial charge in [0, 0.05) is 6.54 Å². The minimum Gasteiger partial charge on any atom is -0.342 e. The van der Waals surface area contributed by atoms with Crippen molar-refractivity contribution in [2.75, 3.05) is 6.54 Å². The smallest absolute Gasteiger partial charge is 0.245 e. The maximum atomic E-state index is 12.6. The molecule has 1 aliphatic heterocycles. The first kappa shape index (κ1) is 15.3. The molecule has 1 aliphatic carbocycles. The maximum Gasteiger partial charge on any atom is 0.245 e. The van der Waals surface area contributed by atoms with Gasteiger partial charge in [0.25, 0.3) is 0 Å². The van der Waals surface area contributed by atoms with Crippen LogP contribution in [0.15, 0.2) is 0 Å². The van der Waals surface area contributed by atoms with E-state index in [1.165, 1.54) is 12.8 Å². The minimum atomic E-state index is -0.310. The van der Waals surface area contributed by atoms with Crippen molar-refractivity contribution in [2.24, 2.45) is 11.8 Å². The van der Waals surface area contributed by atoms with E-state index in [1.54, 1.807) is 0 Å². The van der Waals surface area contributed by atoms with E-state index >= 15 is 0 Å². The lowest BCUT2D eigenvalue weighted by Crippen LogP contribution is -2.63. The molecule has 2 aliphatic rings. The molecular formula is C16H28N2O2. The Morgan fingerprint density at radius 1 is 1.25 bits per heavy atom. The third-order valence-electron chi connectivity index (χ3n) is 4.32. The summed E-state index contributed by atoms with van der Waals surface area (Å²) in [6.07, 6.45) is 6.10. The molecule has 2 atom stereocenters. The minimum absolute atomic E-state index is 0.0490. The van der Waals surface area contributed by atoms with Crippen LogP contribution in [0.1, 0.15) is 59.3 Å². The molecule has 2 unspecified atom stereocenters. The number of nitrogens with zero attached hydrogens (tertiary/aromatic N) is 1. The molecule has 1 saturated heterocycles. The Hall–Kier alpha value is -1.06. The van der Waals surface area contributed by atoms with Gasteiger partial charge in [0.15, 0.2) is 0 Å². The van der Waals surface area contributed by atoms with Crippen molar-refractivity contribution in [3.8, 4) is 0 Å². The van der Waals surface area contributed by atoms with E-state index in [2.05, 4.69) is 26.1 Å². The Morgan fingerprint density at radius 2 is 1.95 bits per heavy atom. The topological polar surface area (TPSA) is 49.4 Å². The largest absolute Gasteiger partial charge is 0.342 e. The average Bonchev–Trinajstić information content (AvgIpc) is 3.18. The highest BCUT2D eigenvalue weighted by molar-refractivity contribution is 5.96. The summed E-state index contributed by atoms with van der Waals surface area (Å²) in [6, 6.07) is -0.551. The van der Waals surface area contributed by atoms with Gasteiger partial charge in [0.2, 0.25) is 11.8 Å². The summed E-state index contributed by atoms with van der Waals surface area (Å²) < 4.78 is 0. The fraction of sp³-hybridized carbons (Fsp3) is 0.875. The van der Waals surface area contributed by atoms with E-state index in [1.807, 2.05) is 4.90 Å². The highest BCUT2D eigenvalue weighted by Crippen LogP contribution is 2.33. The Bertz CT molecular complexity index is 363. The fourth-order valence-corrected chi connectivity index (χ4v) is 3.01. The second kappa shape index (κ2) is 6.59. The Labute approximate surface area is 122 Å². The average molecular weight is 280 g/mol. The van der Waals surface area contributed by atoms with Crippen LogP contribution >= 0.6 is 0 Å². The van der Waals surface area contributed by atoms with E-state index in [0.717, 1.165) is 38.1 Å². The first-order valence-corrected chi connectivity index (χ1v) is 8.13. The molecule has 2 fully saturated rings. The van der Waals surface area contributed by atoms with Crippen molar-refractivity contribution in [1.82, 2.24) is 10.2 Å². The summed E-state index contributed by atoms with van der Waals surface area (Å²) in [5, 5.41) is 2.94. The number of hydrogen-bond donors (Lipinski definition) is 1. The number of hydrogen-bond acceptors (Lipinski definition) is 2.